The zero-order valence-corrected chi connectivity index (χ0v) is 11.0. The Hall–Kier alpha value is -1.03. The van der Waals surface area contributed by atoms with Gasteiger partial charge in [0.1, 0.15) is 5.15 Å². The van der Waals surface area contributed by atoms with E-state index in [1.54, 1.807) is 6.07 Å². The minimum absolute atomic E-state index is 0.0836. The summed E-state index contributed by atoms with van der Waals surface area (Å²) in [5.74, 6) is 1.10. The molecule has 0 bridgehead atoms. The average Bonchev–Trinajstić information content (AvgIpc) is 2.67. The third-order valence-corrected chi connectivity index (χ3v) is 2.91. The van der Waals surface area contributed by atoms with Gasteiger partial charge in [-0.15, -0.1) is 0 Å². The van der Waals surface area contributed by atoms with Crippen molar-refractivity contribution in [3.63, 3.8) is 0 Å². The van der Waals surface area contributed by atoms with Gasteiger partial charge in [-0.3, -0.25) is 0 Å². The van der Waals surface area contributed by atoms with Crippen LogP contribution < -0.4 is 10.1 Å². The fourth-order valence-electron chi connectivity index (χ4n) is 2.02. The zero-order chi connectivity index (χ0) is 12.3. The van der Waals surface area contributed by atoms with Gasteiger partial charge in [-0.25, -0.2) is 4.98 Å². The number of hydrogen-bond donors (Lipinski definition) is 1. The molecule has 94 valence electrons. The summed E-state index contributed by atoms with van der Waals surface area (Å²) >= 11 is 5.95. The van der Waals surface area contributed by atoms with Gasteiger partial charge in [0.05, 0.1) is 6.10 Å². The number of halogens is 1. The Labute approximate surface area is 107 Å². The molecule has 1 N–H and O–H groups in total. The molecule has 1 aromatic rings. The second-order valence-electron chi connectivity index (χ2n) is 4.64. The predicted molar refractivity (Wildman–Crippen MR) is 68.7 cm³/mol. The average molecular weight is 256 g/mol. The summed E-state index contributed by atoms with van der Waals surface area (Å²) in [5, 5.41) is 3.72. The maximum Gasteiger partial charge on any atom is 0.227 e. The zero-order valence-electron chi connectivity index (χ0n) is 10.2. The number of anilines is 1. The van der Waals surface area contributed by atoms with Crippen LogP contribution in [-0.4, -0.2) is 22.1 Å². The Morgan fingerprint density at radius 2 is 2.06 bits per heavy atom. The second kappa shape index (κ2) is 5.54. The Balaban J connectivity index is 2.07. The van der Waals surface area contributed by atoms with E-state index in [1.165, 1.54) is 25.7 Å². The molecule has 0 radical (unpaired) electrons. The SMILES string of the molecule is CC(C)Oc1cc(Cl)nc(NC2CCCC2)n1. The van der Waals surface area contributed by atoms with Crippen molar-refractivity contribution >= 4 is 17.5 Å². The Morgan fingerprint density at radius 3 is 2.71 bits per heavy atom. The molecule has 1 heterocycles. The largest absolute Gasteiger partial charge is 0.475 e. The van der Waals surface area contributed by atoms with E-state index < -0.39 is 0 Å². The smallest absolute Gasteiger partial charge is 0.227 e. The van der Waals surface area contributed by atoms with Crippen LogP contribution in [0.5, 0.6) is 5.88 Å². The molecule has 1 fully saturated rings. The lowest BCUT2D eigenvalue weighted by molar-refractivity contribution is 0.232. The van der Waals surface area contributed by atoms with E-state index in [0.717, 1.165) is 0 Å². The second-order valence-corrected chi connectivity index (χ2v) is 5.03. The number of aromatic nitrogens is 2. The number of rotatable bonds is 4. The molecule has 0 amide bonds. The molecular weight excluding hydrogens is 238 g/mol. The van der Waals surface area contributed by atoms with Crippen molar-refractivity contribution in [3.05, 3.63) is 11.2 Å². The third kappa shape index (κ3) is 3.73. The fraction of sp³-hybridized carbons (Fsp3) is 0.667. The van der Waals surface area contributed by atoms with Crippen LogP contribution in [0, 0.1) is 0 Å². The Kier molecular flexibility index (Phi) is 4.05. The summed E-state index contributed by atoms with van der Waals surface area (Å²) < 4.78 is 5.52. The Bertz CT molecular complexity index is 378. The van der Waals surface area contributed by atoms with Crippen LogP contribution in [0.25, 0.3) is 0 Å². The monoisotopic (exact) mass is 255 g/mol. The highest BCUT2D eigenvalue weighted by atomic mass is 35.5. The van der Waals surface area contributed by atoms with Crippen LogP contribution >= 0.6 is 11.6 Å². The summed E-state index contributed by atoms with van der Waals surface area (Å²) in [6, 6.07) is 2.11. The van der Waals surface area contributed by atoms with E-state index in [4.69, 9.17) is 16.3 Å². The van der Waals surface area contributed by atoms with Crippen molar-refractivity contribution in [1.82, 2.24) is 9.97 Å². The molecule has 0 unspecified atom stereocenters. The van der Waals surface area contributed by atoms with Gasteiger partial charge < -0.3 is 10.1 Å². The van der Waals surface area contributed by atoms with E-state index >= 15 is 0 Å². The molecule has 5 heteroatoms. The van der Waals surface area contributed by atoms with Crippen LogP contribution in [0.1, 0.15) is 39.5 Å². The minimum atomic E-state index is 0.0836. The minimum Gasteiger partial charge on any atom is -0.475 e. The first-order valence-corrected chi connectivity index (χ1v) is 6.49. The van der Waals surface area contributed by atoms with Gasteiger partial charge in [0, 0.05) is 12.1 Å². The molecule has 0 spiro atoms. The van der Waals surface area contributed by atoms with Crippen molar-refractivity contribution in [2.24, 2.45) is 0 Å². The van der Waals surface area contributed by atoms with E-state index in [1.807, 2.05) is 13.8 Å². The number of hydrogen-bond acceptors (Lipinski definition) is 4. The van der Waals surface area contributed by atoms with E-state index in [9.17, 15) is 0 Å². The molecule has 0 aromatic carbocycles. The normalized spacial score (nSPS) is 16.5. The molecule has 0 aliphatic heterocycles. The van der Waals surface area contributed by atoms with Crippen LogP contribution in [-0.2, 0) is 0 Å². The van der Waals surface area contributed by atoms with Crippen LogP contribution in [0.2, 0.25) is 5.15 Å². The van der Waals surface area contributed by atoms with Gasteiger partial charge >= 0.3 is 0 Å². The number of ether oxygens (including phenoxy) is 1. The molecule has 2 rings (SSSR count). The quantitative estimate of drug-likeness (QED) is 0.839. The molecule has 1 aromatic heterocycles. The van der Waals surface area contributed by atoms with Gasteiger partial charge in [-0.05, 0) is 26.7 Å². The first-order chi connectivity index (χ1) is 8.13. The first kappa shape index (κ1) is 12.4. The number of nitrogens with one attached hydrogen (secondary N) is 1. The van der Waals surface area contributed by atoms with E-state index in [0.29, 0.717) is 23.0 Å². The van der Waals surface area contributed by atoms with Gasteiger partial charge in [-0.2, -0.15) is 4.98 Å². The molecule has 17 heavy (non-hydrogen) atoms. The molecule has 1 aliphatic carbocycles. The first-order valence-electron chi connectivity index (χ1n) is 6.11. The van der Waals surface area contributed by atoms with E-state index in [2.05, 4.69) is 15.3 Å². The van der Waals surface area contributed by atoms with Crippen LogP contribution in [0.3, 0.4) is 0 Å². The van der Waals surface area contributed by atoms with Gasteiger partial charge in [0.2, 0.25) is 11.8 Å². The summed E-state index contributed by atoms with van der Waals surface area (Å²) in [6.45, 7) is 3.92. The highest BCUT2D eigenvalue weighted by molar-refractivity contribution is 6.29. The molecule has 0 saturated heterocycles. The highest BCUT2D eigenvalue weighted by Gasteiger charge is 2.16. The molecule has 0 atom stereocenters. The van der Waals surface area contributed by atoms with Crippen molar-refractivity contribution in [3.8, 4) is 5.88 Å². The summed E-state index contributed by atoms with van der Waals surface area (Å²) in [7, 11) is 0. The van der Waals surface area contributed by atoms with Crippen molar-refractivity contribution in [2.75, 3.05) is 5.32 Å². The van der Waals surface area contributed by atoms with Gasteiger partial charge in [0.25, 0.3) is 0 Å². The van der Waals surface area contributed by atoms with Crippen molar-refractivity contribution in [1.29, 1.82) is 0 Å². The topological polar surface area (TPSA) is 47.0 Å². The molecular formula is C12H18ClN3O. The van der Waals surface area contributed by atoms with E-state index in [-0.39, 0.29) is 6.10 Å². The molecule has 4 nitrogen and oxygen atoms in total. The lowest BCUT2D eigenvalue weighted by Crippen LogP contribution is -2.17. The maximum atomic E-state index is 5.95. The standard InChI is InChI=1S/C12H18ClN3O/c1-8(2)17-11-7-10(13)15-12(16-11)14-9-5-3-4-6-9/h7-9H,3-6H2,1-2H3,(H,14,15,16). The summed E-state index contributed by atoms with van der Waals surface area (Å²) in [4.78, 5) is 8.48. The highest BCUT2D eigenvalue weighted by Crippen LogP contribution is 2.23. The van der Waals surface area contributed by atoms with Crippen LogP contribution in [0.15, 0.2) is 6.07 Å². The van der Waals surface area contributed by atoms with Gasteiger partial charge in [0.15, 0.2) is 0 Å². The maximum absolute atomic E-state index is 5.95. The van der Waals surface area contributed by atoms with Crippen molar-refractivity contribution < 1.29 is 4.74 Å². The lowest BCUT2D eigenvalue weighted by atomic mass is 10.2. The fourth-order valence-corrected chi connectivity index (χ4v) is 2.19. The third-order valence-electron chi connectivity index (χ3n) is 2.72. The molecule has 1 aliphatic rings. The van der Waals surface area contributed by atoms with Crippen LogP contribution in [0.4, 0.5) is 5.95 Å². The Morgan fingerprint density at radius 1 is 1.35 bits per heavy atom. The van der Waals surface area contributed by atoms with Gasteiger partial charge in [-0.1, -0.05) is 24.4 Å². The molecule has 1 saturated carbocycles. The lowest BCUT2D eigenvalue weighted by Gasteiger charge is -2.14. The number of nitrogens with zero attached hydrogens (tertiary/aromatic N) is 2. The predicted octanol–water partition coefficient (Wildman–Crippen LogP) is 3.27. The van der Waals surface area contributed by atoms with Crippen molar-refractivity contribution in [2.45, 2.75) is 51.7 Å². The summed E-state index contributed by atoms with van der Waals surface area (Å²) in [5.41, 5.74) is 0. The summed E-state index contributed by atoms with van der Waals surface area (Å²) in [6.07, 6.45) is 4.98.